The van der Waals surface area contributed by atoms with Gasteiger partial charge in [0.1, 0.15) is 0 Å². The van der Waals surface area contributed by atoms with Crippen LogP contribution in [-0.2, 0) is 4.79 Å². The zero-order valence-corrected chi connectivity index (χ0v) is 15.0. The average Bonchev–Trinajstić information content (AvgIpc) is 3.11. The van der Waals surface area contributed by atoms with Crippen molar-refractivity contribution in [3.8, 4) is 0 Å². The molecule has 0 radical (unpaired) electrons. The van der Waals surface area contributed by atoms with E-state index in [1.807, 2.05) is 40.7 Å². The maximum atomic E-state index is 12.3. The summed E-state index contributed by atoms with van der Waals surface area (Å²) in [7, 11) is 0. The third-order valence-corrected chi connectivity index (χ3v) is 6.08. The molecule has 0 aliphatic carbocycles. The number of carbonyl (C=O) groups excluding carboxylic acids is 1. The van der Waals surface area contributed by atoms with E-state index in [4.69, 9.17) is 11.6 Å². The number of amides is 1. The fourth-order valence-electron chi connectivity index (χ4n) is 2.49. The van der Waals surface area contributed by atoms with Crippen molar-refractivity contribution in [2.45, 2.75) is 11.3 Å². The lowest BCUT2D eigenvalue weighted by Crippen LogP contribution is -2.48. The molecule has 7 heteroatoms. The van der Waals surface area contributed by atoms with Crippen molar-refractivity contribution >= 4 is 45.7 Å². The van der Waals surface area contributed by atoms with Gasteiger partial charge in [0.05, 0.1) is 5.02 Å². The third-order valence-electron chi connectivity index (χ3n) is 3.73. The van der Waals surface area contributed by atoms with Gasteiger partial charge < -0.3 is 9.80 Å². The summed E-state index contributed by atoms with van der Waals surface area (Å²) in [6, 6.07) is 7.75. The second-order valence-corrected chi connectivity index (χ2v) is 7.63. The number of halogens is 1. The van der Waals surface area contributed by atoms with E-state index in [2.05, 4.69) is 9.88 Å². The molecule has 122 valence electrons. The third kappa shape index (κ3) is 4.40. The molecule has 23 heavy (non-hydrogen) atoms. The number of hydrogen-bond acceptors (Lipinski definition) is 5. The molecule has 1 fully saturated rings. The lowest BCUT2D eigenvalue weighted by Gasteiger charge is -2.34. The summed E-state index contributed by atoms with van der Waals surface area (Å²) in [5.74, 6) is 0.985. The van der Waals surface area contributed by atoms with E-state index < -0.39 is 0 Å². The van der Waals surface area contributed by atoms with E-state index in [1.165, 1.54) is 0 Å². The number of benzene rings is 1. The maximum absolute atomic E-state index is 12.3. The molecule has 4 nitrogen and oxygen atoms in total. The molecule has 1 aliphatic rings. The molecule has 0 bridgehead atoms. The van der Waals surface area contributed by atoms with E-state index in [-0.39, 0.29) is 5.91 Å². The van der Waals surface area contributed by atoms with Gasteiger partial charge in [-0.05, 0) is 12.1 Å². The van der Waals surface area contributed by atoms with Crippen molar-refractivity contribution in [3.05, 3.63) is 40.9 Å². The molecular weight excluding hydrogens is 350 g/mol. The van der Waals surface area contributed by atoms with Crippen LogP contribution in [-0.4, -0.2) is 47.7 Å². The molecule has 1 aromatic carbocycles. The first-order chi connectivity index (χ1) is 11.2. The highest BCUT2D eigenvalue weighted by atomic mass is 35.5. The molecule has 0 saturated carbocycles. The van der Waals surface area contributed by atoms with Gasteiger partial charge in [-0.25, -0.2) is 4.98 Å². The number of anilines is 1. The Labute approximate surface area is 149 Å². The molecule has 0 unspecified atom stereocenters. The highest BCUT2D eigenvalue weighted by Gasteiger charge is 2.22. The Kier molecular flexibility index (Phi) is 5.80. The standard InChI is InChI=1S/C16H18ClN3OS2/c17-13-3-1-2-4-14(13)22-11-5-15(21)19-7-9-20(10-8-19)16-18-6-12-23-16/h1-4,6,12H,5,7-11H2. The number of carbonyl (C=O) groups is 1. The van der Waals surface area contributed by atoms with E-state index in [9.17, 15) is 4.79 Å². The van der Waals surface area contributed by atoms with Crippen LogP contribution in [0.3, 0.4) is 0 Å². The van der Waals surface area contributed by atoms with Gasteiger partial charge in [0.2, 0.25) is 5.91 Å². The minimum absolute atomic E-state index is 0.225. The van der Waals surface area contributed by atoms with Crippen LogP contribution in [0.2, 0.25) is 5.02 Å². The normalized spacial score (nSPS) is 15.0. The highest BCUT2D eigenvalue weighted by Crippen LogP contribution is 2.27. The summed E-state index contributed by atoms with van der Waals surface area (Å²) in [6.45, 7) is 3.26. The fourth-order valence-corrected chi connectivity index (χ4v) is 4.36. The zero-order valence-electron chi connectivity index (χ0n) is 12.7. The second kappa shape index (κ2) is 8.04. The molecule has 2 heterocycles. The van der Waals surface area contributed by atoms with Crippen LogP contribution in [0.25, 0.3) is 0 Å². The van der Waals surface area contributed by atoms with Crippen LogP contribution in [0.4, 0.5) is 5.13 Å². The summed E-state index contributed by atoms with van der Waals surface area (Å²) in [5.41, 5.74) is 0. The van der Waals surface area contributed by atoms with Gasteiger partial charge in [-0.15, -0.1) is 23.1 Å². The predicted molar refractivity (Wildman–Crippen MR) is 97.7 cm³/mol. The summed E-state index contributed by atoms with van der Waals surface area (Å²) >= 11 is 9.41. The Morgan fingerprint density at radius 2 is 2.04 bits per heavy atom. The SMILES string of the molecule is O=C(CCSc1ccccc1Cl)N1CCN(c2nccs2)CC1. The van der Waals surface area contributed by atoms with Gasteiger partial charge in [-0.1, -0.05) is 23.7 Å². The van der Waals surface area contributed by atoms with E-state index >= 15 is 0 Å². The summed E-state index contributed by atoms with van der Waals surface area (Å²) in [6.07, 6.45) is 2.37. The minimum Gasteiger partial charge on any atom is -0.345 e. The van der Waals surface area contributed by atoms with Gasteiger partial charge in [-0.3, -0.25) is 4.79 Å². The number of rotatable bonds is 5. The topological polar surface area (TPSA) is 36.4 Å². The molecule has 2 aromatic rings. The van der Waals surface area contributed by atoms with E-state index in [0.29, 0.717) is 6.42 Å². The number of thiazole rings is 1. The molecule has 1 saturated heterocycles. The largest absolute Gasteiger partial charge is 0.345 e. The number of aromatic nitrogens is 1. The zero-order chi connectivity index (χ0) is 16.1. The average molecular weight is 368 g/mol. The summed E-state index contributed by atoms with van der Waals surface area (Å²) < 4.78 is 0. The predicted octanol–water partition coefficient (Wildman–Crippen LogP) is 3.63. The van der Waals surface area contributed by atoms with Gasteiger partial charge in [0.15, 0.2) is 5.13 Å². The van der Waals surface area contributed by atoms with Crippen molar-refractivity contribution in [1.29, 1.82) is 0 Å². The Morgan fingerprint density at radius 3 is 2.74 bits per heavy atom. The van der Waals surface area contributed by atoms with Gasteiger partial charge >= 0.3 is 0 Å². The monoisotopic (exact) mass is 367 g/mol. The summed E-state index contributed by atoms with van der Waals surface area (Å²) in [5, 5.41) is 3.78. The molecule has 0 spiro atoms. The molecule has 0 N–H and O–H groups in total. The number of piperazine rings is 1. The molecule has 3 rings (SSSR count). The minimum atomic E-state index is 0.225. The number of hydrogen-bond donors (Lipinski definition) is 0. The van der Waals surface area contributed by atoms with Gasteiger partial charge in [0.25, 0.3) is 0 Å². The van der Waals surface area contributed by atoms with Crippen LogP contribution in [0.5, 0.6) is 0 Å². The smallest absolute Gasteiger partial charge is 0.223 e. The first-order valence-electron chi connectivity index (χ1n) is 7.53. The van der Waals surface area contributed by atoms with Crippen molar-refractivity contribution in [3.63, 3.8) is 0 Å². The lowest BCUT2D eigenvalue weighted by molar-refractivity contribution is -0.131. The van der Waals surface area contributed by atoms with Gasteiger partial charge in [-0.2, -0.15) is 0 Å². The maximum Gasteiger partial charge on any atom is 0.223 e. The second-order valence-electron chi connectivity index (χ2n) is 5.21. The number of nitrogens with zero attached hydrogens (tertiary/aromatic N) is 3. The number of thioether (sulfide) groups is 1. The van der Waals surface area contributed by atoms with Crippen molar-refractivity contribution in [2.24, 2.45) is 0 Å². The molecule has 1 aromatic heterocycles. The molecule has 0 atom stereocenters. The lowest BCUT2D eigenvalue weighted by atomic mass is 10.3. The quantitative estimate of drug-likeness (QED) is 0.756. The first kappa shape index (κ1) is 16.6. The molecule has 1 aliphatic heterocycles. The fraction of sp³-hybridized carbons (Fsp3) is 0.375. The molecular formula is C16H18ClN3OS2. The van der Waals surface area contributed by atoms with Crippen molar-refractivity contribution in [1.82, 2.24) is 9.88 Å². The van der Waals surface area contributed by atoms with Crippen LogP contribution in [0, 0.1) is 0 Å². The Balaban J connectivity index is 1.42. The Morgan fingerprint density at radius 1 is 1.26 bits per heavy atom. The van der Waals surface area contributed by atoms with Crippen LogP contribution in [0.1, 0.15) is 6.42 Å². The van der Waals surface area contributed by atoms with Crippen molar-refractivity contribution in [2.75, 3.05) is 36.8 Å². The summed E-state index contributed by atoms with van der Waals surface area (Å²) in [4.78, 5) is 21.9. The first-order valence-corrected chi connectivity index (χ1v) is 9.78. The Hall–Kier alpha value is -1.24. The van der Waals surface area contributed by atoms with Crippen LogP contribution >= 0.6 is 34.7 Å². The van der Waals surface area contributed by atoms with Crippen molar-refractivity contribution < 1.29 is 4.79 Å². The van der Waals surface area contributed by atoms with Gasteiger partial charge in [0, 0.05) is 54.8 Å². The van der Waals surface area contributed by atoms with Crippen LogP contribution < -0.4 is 4.90 Å². The molecule has 1 amide bonds. The van der Waals surface area contributed by atoms with Crippen LogP contribution in [0.15, 0.2) is 40.7 Å². The highest BCUT2D eigenvalue weighted by molar-refractivity contribution is 7.99. The van der Waals surface area contributed by atoms with E-state index in [0.717, 1.165) is 47.0 Å². The van der Waals surface area contributed by atoms with E-state index in [1.54, 1.807) is 23.1 Å². The Bertz CT molecular complexity index is 643.